The fraction of sp³-hybridized carbons (Fsp3) is 0.211. The molecule has 0 N–H and O–H groups in total. The number of hydrogen-bond donors (Lipinski definition) is 0. The van der Waals surface area contributed by atoms with Crippen molar-refractivity contribution >= 4 is 28.9 Å². The Morgan fingerprint density at radius 1 is 1.33 bits per heavy atom. The molecule has 1 amide bonds. The lowest BCUT2D eigenvalue weighted by atomic mass is 10.1. The van der Waals surface area contributed by atoms with E-state index in [4.69, 9.17) is 9.15 Å². The average Bonchev–Trinajstić information content (AvgIpc) is 3.32. The summed E-state index contributed by atoms with van der Waals surface area (Å²) in [7, 11) is 1.29. The van der Waals surface area contributed by atoms with Crippen molar-refractivity contribution in [3.63, 3.8) is 0 Å². The molecule has 0 spiro atoms. The first-order valence-corrected chi connectivity index (χ1v) is 9.10. The van der Waals surface area contributed by atoms with Crippen LogP contribution in [-0.4, -0.2) is 30.6 Å². The number of nitrogens with zero attached hydrogens (tertiary/aromatic N) is 2. The zero-order chi connectivity index (χ0) is 19.0. The molecule has 7 nitrogen and oxygen atoms in total. The first-order chi connectivity index (χ1) is 13.0. The van der Waals surface area contributed by atoms with Crippen molar-refractivity contribution in [1.82, 2.24) is 4.98 Å². The minimum Gasteiger partial charge on any atom is -0.482 e. The highest BCUT2D eigenvalue weighted by molar-refractivity contribution is 7.09. The Morgan fingerprint density at radius 3 is 2.93 bits per heavy atom. The Hall–Kier alpha value is -3.13. The molecule has 1 aliphatic heterocycles. The molecule has 0 saturated heterocycles. The van der Waals surface area contributed by atoms with E-state index in [-0.39, 0.29) is 24.8 Å². The predicted molar refractivity (Wildman–Crippen MR) is 99.0 cm³/mol. The largest absolute Gasteiger partial charge is 0.482 e. The molecule has 3 heterocycles. The number of carbonyl (C=O) groups is 2. The second kappa shape index (κ2) is 6.88. The molecule has 4 rings (SSSR count). The smallest absolute Gasteiger partial charge is 0.373 e. The number of rotatable bonds is 4. The molecule has 1 aliphatic rings. The van der Waals surface area contributed by atoms with Gasteiger partial charge in [0.15, 0.2) is 6.61 Å². The van der Waals surface area contributed by atoms with E-state index in [1.54, 1.807) is 22.3 Å². The van der Waals surface area contributed by atoms with E-state index >= 15 is 0 Å². The summed E-state index contributed by atoms with van der Waals surface area (Å²) in [4.78, 5) is 30.1. The van der Waals surface area contributed by atoms with Crippen LogP contribution < -0.4 is 9.64 Å². The number of esters is 1. The summed E-state index contributed by atoms with van der Waals surface area (Å²) in [6.07, 6.45) is 0. The van der Waals surface area contributed by atoms with Gasteiger partial charge in [-0.15, -0.1) is 11.3 Å². The summed E-state index contributed by atoms with van der Waals surface area (Å²) in [6.45, 7) is 2.08. The van der Waals surface area contributed by atoms with E-state index in [0.717, 1.165) is 16.3 Å². The fourth-order valence-electron chi connectivity index (χ4n) is 2.86. The summed E-state index contributed by atoms with van der Waals surface area (Å²) in [5, 5.41) is 2.94. The number of benzene rings is 1. The van der Waals surface area contributed by atoms with Gasteiger partial charge in [0.05, 0.1) is 30.0 Å². The highest BCUT2D eigenvalue weighted by Crippen LogP contribution is 2.37. The van der Waals surface area contributed by atoms with Crippen LogP contribution in [0, 0.1) is 6.92 Å². The van der Waals surface area contributed by atoms with Gasteiger partial charge in [0.25, 0.3) is 5.91 Å². The number of carbonyl (C=O) groups excluding carboxylic acids is 2. The molecule has 0 unspecified atom stereocenters. The Labute approximate surface area is 159 Å². The molecule has 0 fully saturated rings. The summed E-state index contributed by atoms with van der Waals surface area (Å²) in [5.41, 5.74) is 2.39. The Bertz CT molecular complexity index is 1020. The lowest BCUT2D eigenvalue weighted by Crippen LogP contribution is -2.38. The van der Waals surface area contributed by atoms with E-state index in [1.807, 2.05) is 30.5 Å². The molecule has 138 valence electrons. The summed E-state index contributed by atoms with van der Waals surface area (Å²) in [5.74, 6) is 0.443. The van der Waals surface area contributed by atoms with Crippen LogP contribution in [0.25, 0.3) is 11.3 Å². The van der Waals surface area contributed by atoms with Crippen LogP contribution in [-0.2, 0) is 16.1 Å². The minimum absolute atomic E-state index is 0.0489. The van der Waals surface area contributed by atoms with Crippen LogP contribution in [0.2, 0.25) is 0 Å². The number of ether oxygens (including phenoxy) is 2. The molecule has 27 heavy (non-hydrogen) atoms. The number of fused-ring (bicyclic) bond motifs is 1. The average molecular weight is 384 g/mol. The van der Waals surface area contributed by atoms with Crippen LogP contribution >= 0.6 is 11.3 Å². The van der Waals surface area contributed by atoms with Gasteiger partial charge in [-0.25, -0.2) is 9.78 Å². The summed E-state index contributed by atoms with van der Waals surface area (Å²) >= 11 is 1.57. The van der Waals surface area contributed by atoms with E-state index < -0.39 is 5.97 Å². The zero-order valence-corrected chi connectivity index (χ0v) is 15.5. The van der Waals surface area contributed by atoms with Gasteiger partial charge in [-0.3, -0.25) is 9.69 Å². The van der Waals surface area contributed by atoms with Crippen LogP contribution in [0.4, 0.5) is 5.69 Å². The Kier molecular flexibility index (Phi) is 4.41. The fourth-order valence-corrected chi connectivity index (χ4v) is 3.48. The molecule has 0 aliphatic carbocycles. The Balaban J connectivity index is 1.67. The Morgan fingerprint density at radius 2 is 2.19 bits per heavy atom. The highest BCUT2D eigenvalue weighted by Gasteiger charge is 2.27. The SMILES string of the molecule is COC(=O)c1ccc(CN2C(=O)COc3ccc(-c4csc(C)n4)cc32)o1. The summed E-state index contributed by atoms with van der Waals surface area (Å²) < 4.78 is 15.7. The number of aryl methyl sites for hydroxylation is 1. The first-order valence-electron chi connectivity index (χ1n) is 8.22. The van der Waals surface area contributed by atoms with Crippen LogP contribution in [0.1, 0.15) is 21.3 Å². The number of anilines is 1. The molecular weight excluding hydrogens is 368 g/mol. The van der Waals surface area contributed by atoms with Gasteiger partial charge >= 0.3 is 5.97 Å². The van der Waals surface area contributed by atoms with Crippen molar-refractivity contribution in [2.24, 2.45) is 0 Å². The molecule has 0 saturated carbocycles. The van der Waals surface area contributed by atoms with Crippen molar-refractivity contribution < 1.29 is 23.5 Å². The topological polar surface area (TPSA) is 81.9 Å². The maximum atomic E-state index is 12.5. The number of methoxy groups -OCH3 is 1. The third-order valence-electron chi connectivity index (χ3n) is 4.18. The van der Waals surface area contributed by atoms with Gasteiger partial charge in [0, 0.05) is 10.9 Å². The minimum atomic E-state index is -0.559. The standard InChI is InChI=1S/C19H16N2O5S/c1-11-20-14(10-27-11)12-3-5-16-15(7-12)21(18(22)9-25-16)8-13-4-6-17(26-13)19(23)24-2/h3-7,10H,8-9H2,1-2H3. The molecule has 0 atom stereocenters. The number of aromatic nitrogens is 1. The second-order valence-corrected chi connectivity index (χ2v) is 7.02. The van der Waals surface area contributed by atoms with E-state index in [1.165, 1.54) is 13.2 Å². The lowest BCUT2D eigenvalue weighted by molar-refractivity contribution is -0.121. The number of hydrogen-bond acceptors (Lipinski definition) is 7. The molecule has 0 radical (unpaired) electrons. The third kappa shape index (κ3) is 3.31. The van der Waals surface area contributed by atoms with Crippen molar-refractivity contribution in [3.05, 3.63) is 52.2 Å². The van der Waals surface area contributed by atoms with E-state index in [2.05, 4.69) is 9.72 Å². The quantitative estimate of drug-likeness (QED) is 0.641. The molecule has 0 bridgehead atoms. The van der Waals surface area contributed by atoms with Crippen molar-refractivity contribution in [1.29, 1.82) is 0 Å². The van der Waals surface area contributed by atoms with Crippen LogP contribution in [0.5, 0.6) is 5.75 Å². The number of thiazole rings is 1. The maximum absolute atomic E-state index is 12.5. The molecular formula is C19H16N2O5S. The van der Waals surface area contributed by atoms with Gasteiger partial charge in [-0.1, -0.05) is 0 Å². The predicted octanol–water partition coefficient (Wildman–Crippen LogP) is 3.42. The molecule has 1 aromatic carbocycles. The molecule has 8 heteroatoms. The van der Waals surface area contributed by atoms with E-state index in [0.29, 0.717) is 17.2 Å². The molecule has 3 aromatic rings. The summed E-state index contributed by atoms with van der Waals surface area (Å²) in [6, 6.07) is 8.82. The van der Waals surface area contributed by atoms with Crippen molar-refractivity contribution in [2.75, 3.05) is 18.6 Å². The van der Waals surface area contributed by atoms with Crippen LogP contribution in [0.3, 0.4) is 0 Å². The lowest BCUT2D eigenvalue weighted by Gasteiger charge is -2.29. The maximum Gasteiger partial charge on any atom is 0.373 e. The van der Waals surface area contributed by atoms with Gasteiger partial charge in [0.2, 0.25) is 5.76 Å². The van der Waals surface area contributed by atoms with Crippen LogP contribution in [0.15, 0.2) is 40.1 Å². The monoisotopic (exact) mass is 384 g/mol. The third-order valence-corrected chi connectivity index (χ3v) is 4.95. The van der Waals surface area contributed by atoms with E-state index in [9.17, 15) is 9.59 Å². The van der Waals surface area contributed by atoms with Gasteiger partial charge in [-0.2, -0.15) is 0 Å². The number of furan rings is 1. The normalized spacial score (nSPS) is 13.3. The van der Waals surface area contributed by atoms with Gasteiger partial charge in [-0.05, 0) is 37.3 Å². The van der Waals surface area contributed by atoms with Gasteiger partial charge < -0.3 is 13.9 Å². The number of amides is 1. The molecule has 2 aromatic heterocycles. The first kappa shape index (κ1) is 17.3. The highest BCUT2D eigenvalue weighted by atomic mass is 32.1. The van der Waals surface area contributed by atoms with Crippen molar-refractivity contribution in [3.8, 4) is 17.0 Å². The zero-order valence-electron chi connectivity index (χ0n) is 14.7. The van der Waals surface area contributed by atoms with Gasteiger partial charge in [0.1, 0.15) is 11.5 Å². The second-order valence-electron chi connectivity index (χ2n) is 5.96. The van der Waals surface area contributed by atoms with Crippen molar-refractivity contribution in [2.45, 2.75) is 13.5 Å².